The molecule has 0 saturated heterocycles. The van der Waals surface area contributed by atoms with Gasteiger partial charge < -0.3 is 23.7 Å². The quantitative estimate of drug-likeness (QED) is 0.181. The van der Waals surface area contributed by atoms with E-state index in [-0.39, 0.29) is 44.5 Å². The molecule has 0 aliphatic carbocycles. The minimum absolute atomic E-state index is 0.148. The van der Waals surface area contributed by atoms with E-state index in [1.807, 2.05) is 0 Å². The summed E-state index contributed by atoms with van der Waals surface area (Å²) in [5.74, 6) is 4.95. The molecule has 0 N–H and O–H groups in total. The van der Waals surface area contributed by atoms with Gasteiger partial charge in [-0.2, -0.15) is 0 Å². The molecule has 1 aromatic carbocycles. The first-order valence-electron chi connectivity index (χ1n) is 10.9. The van der Waals surface area contributed by atoms with E-state index < -0.39 is 17.9 Å². The van der Waals surface area contributed by atoms with Crippen LogP contribution in [0.1, 0.15) is 48.1 Å². The summed E-state index contributed by atoms with van der Waals surface area (Å²) in [7, 11) is 0. The molecule has 0 spiro atoms. The predicted octanol–water partition coefficient (Wildman–Crippen LogP) is 3.44. The Balaban J connectivity index is 2.34. The van der Waals surface area contributed by atoms with E-state index in [1.165, 1.54) is 12.1 Å². The highest BCUT2D eigenvalue weighted by atomic mass is 79.9. The number of hydrogen-bond acceptors (Lipinski definition) is 9. The third-order valence-corrected chi connectivity index (χ3v) is 4.68. The van der Waals surface area contributed by atoms with Crippen molar-refractivity contribution < 1.29 is 38.1 Å². The van der Waals surface area contributed by atoms with Crippen molar-refractivity contribution >= 4 is 33.8 Å². The highest BCUT2D eigenvalue weighted by Gasteiger charge is 2.12. The molecule has 0 unspecified atom stereocenters. The first-order chi connectivity index (χ1) is 16.9. The fraction of sp³-hybridized carbons (Fsp3) is 0.360. The molecule has 2 aromatic rings. The topological polar surface area (TPSA) is 110 Å². The molecular formula is C25H26BrNO8. The van der Waals surface area contributed by atoms with Crippen LogP contribution in [0.25, 0.3) is 0 Å². The molecular weight excluding hydrogens is 522 g/mol. The van der Waals surface area contributed by atoms with Crippen LogP contribution in [0.2, 0.25) is 0 Å². The Morgan fingerprint density at radius 2 is 1.51 bits per heavy atom. The number of pyridine rings is 1. The number of aromatic nitrogens is 1. The largest absolute Gasteiger partial charge is 0.482 e. The Labute approximate surface area is 212 Å². The average Bonchev–Trinajstić information content (AvgIpc) is 2.85. The molecule has 0 radical (unpaired) electrons. The lowest BCUT2D eigenvalue weighted by Gasteiger charge is -2.11. The molecule has 10 heteroatoms. The summed E-state index contributed by atoms with van der Waals surface area (Å²) in [6, 6.07) is 8.03. The van der Waals surface area contributed by atoms with Crippen molar-refractivity contribution in [2.24, 2.45) is 0 Å². The number of carbonyl (C=O) groups is 3. The fourth-order valence-electron chi connectivity index (χ4n) is 2.68. The predicted molar refractivity (Wildman–Crippen MR) is 130 cm³/mol. The molecule has 0 bridgehead atoms. The van der Waals surface area contributed by atoms with E-state index in [1.54, 1.807) is 39.0 Å². The lowest BCUT2D eigenvalue weighted by atomic mass is 10.1. The summed E-state index contributed by atoms with van der Waals surface area (Å²) >= 11 is 3.34. The first-order valence-corrected chi connectivity index (χ1v) is 12.0. The number of rotatable bonds is 11. The monoisotopic (exact) mass is 547 g/mol. The van der Waals surface area contributed by atoms with Crippen molar-refractivity contribution in [2.45, 2.75) is 26.1 Å². The lowest BCUT2D eigenvalue weighted by Crippen LogP contribution is -2.16. The zero-order chi connectivity index (χ0) is 25.6. The second-order valence-electron chi connectivity index (χ2n) is 6.68. The minimum atomic E-state index is -0.542. The molecule has 0 atom stereocenters. The maximum atomic E-state index is 12.1. The summed E-state index contributed by atoms with van der Waals surface area (Å²) in [6.45, 7) is 5.19. The SMILES string of the molecule is CCOC(=O)COc1ccc(C#Cc2cc(CBr)nc(C(=O)OCC)c2)c(OCC(=O)OCC)c1. The van der Waals surface area contributed by atoms with Crippen molar-refractivity contribution in [3.63, 3.8) is 0 Å². The van der Waals surface area contributed by atoms with Crippen molar-refractivity contribution in [3.8, 4) is 23.3 Å². The molecule has 0 fully saturated rings. The maximum absolute atomic E-state index is 12.1. The Morgan fingerprint density at radius 1 is 0.857 bits per heavy atom. The van der Waals surface area contributed by atoms with Crippen LogP contribution < -0.4 is 9.47 Å². The van der Waals surface area contributed by atoms with E-state index in [0.717, 1.165) is 0 Å². The smallest absolute Gasteiger partial charge is 0.356 e. The number of ether oxygens (including phenoxy) is 5. The van der Waals surface area contributed by atoms with Gasteiger partial charge in [0.05, 0.1) is 31.1 Å². The van der Waals surface area contributed by atoms with Crippen LogP contribution in [0, 0.1) is 11.8 Å². The fourth-order valence-corrected chi connectivity index (χ4v) is 2.96. The zero-order valence-corrected chi connectivity index (χ0v) is 21.3. The summed E-state index contributed by atoms with van der Waals surface area (Å²) in [4.78, 5) is 39.7. The number of alkyl halides is 1. The second-order valence-corrected chi connectivity index (χ2v) is 7.24. The molecule has 0 saturated carbocycles. The normalized spacial score (nSPS) is 9.94. The molecule has 2 rings (SSSR count). The van der Waals surface area contributed by atoms with Crippen molar-refractivity contribution in [1.29, 1.82) is 0 Å². The number of benzene rings is 1. The Morgan fingerprint density at radius 3 is 2.14 bits per heavy atom. The zero-order valence-electron chi connectivity index (χ0n) is 19.7. The Bertz CT molecular complexity index is 1110. The lowest BCUT2D eigenvalue weighted by molar-refractivity contribution is -0.146. The first kappa shape index (κ1) is 27.7. The molecule has 35 heavy (non-hydrogen) atoms. The van der Waals surface area contributed by atoms with E-state index >= 15 is 0 Å². The highest BCUT2D eigenvalue weighted by molar-refractivity contribution is 9.08. The number of carbonyl (C=O) groups excluding carboxylic acids is 3. The molecule has 186 valence electrons. The summed E-state index contributed by atoms with van der Waals surface area (Å²) < 4.78 is 25.8. The van der Waals surface area contributed by atoms with Gasteiger partial charge in [0, 0.05) is 17.0 Å². The van der Waals surface area contributed by atoms with Crippen LogP contribution in [0.5, 0.6) is 11.5 Å². The third kappa shape index (κ3) is 9.29. The number of hydrogen-bond donors (Lipinski definition) is 0. The molecule has 0 amide bonds. The third-order valence-electron chi connectivity index (χ3n) is 4.11. The number of esters is 3. The van der Waals surface area contributed by atoms with Crippen LogP contribution in [-0.2, 0) is 29.1 Å². The summed E-state index contributed by atoms with van der Waals surface area (Å²) in [6.07, 6.45) is 0. The van der Waals surface area contributed by atoms with Gasteiger partial charge in [0.15, 0.2) is 13.2 Å². The van der Waals surface area contributed by atoms with Crippen LogP contribution >= 0.6 is 15.9 Å². The minimum Gasteiger partial charge on any atom is -0.482 e. The molecule has 1 aromatic heterocycles. The van der Waals surface area contributed by atoms with Crippen LogP contribution in [0.15, 0.2) is 30.3 Å². The van der Waals surface area contributed by atoms with Crippen LogP contribution in [0.3, 0.4) is 0 Å². The standard InChI is InChI=1S/C25H26BrNO8/c1-4-31-23(28)15-34-20-10-9-18(22(13-20)35-16-24(29)32-5-2)8-7-17-11-19(14-26)27-21(12-17)25(30)33-6-3/h9-13H,4-6,14-16H2,1-3H3. The Hall–Kier alpha value is -3.58. The van der Waals surface area contributed by atoms with Gasteiger partial charge in [-0.1, -0.05) is 27.8 Å². The van der Waals surface area contributed by atoms with E-state index in [9.17, 15) is 14.4 Å². The van der Waals surface area contributed by atoms with Crippen molar-refractivity contribution in [3.05, 3.63) is 52.8 Å². The second kappa shape index (κ2) is 14.6. The highest BCUT2D eigenvalue weighted by Crippen LogP contribution is 2.25. The molecule has 1 heterocycles. The van der Waals surface area contributed by atoms with Crippen LogP contribution in [0.4, 0.5) is 0 Å². The van der Waals surface area contributed by atoms with Crippen LogP contribution in [-0.4, -0.2) is 55.9 Å². The number of halogens is 1. The molecule has 0 aliphatic heterocycles. The van der Waals surface area contributed by atoms with Gasteiger partial charge in [-0.15, -0.1) is 0 Å². The van der Waals surface area contributed by atoms with Gasteiger partial charge in [-0.05, 0) is 45.0 Å². The number of nitrogens with zero attached hydrogens (tertiary/aromatic N) is 1. The Kier molecular flexibility index (Phi) is 11.6. The van der Waals surface area contributed by atoms with Gasteiger partial charge >= 0.3 is 17.9 Å². The van der Waals surface area contributed by atoms with Crippen molar-refractivity contribution in [2.75, 3.05) is 33.0 Å². The van der Waals surface area contributed by atoms with Gasteiger partial charge in [0.25, 0.3) is 0 Å². The average molecular weight is 548 g/mol. The maximum Gasteiger partial charge on any atom is 0.356 e. The van der Waals surface area contributed by atoms with Gasteiger partial charge in [-0.25, -0.2) is 19.4 Å². The van der Waals surface area contributed by atoms with E-state index in [0.29, 0.717) is 27.9 Å². The molecule has 9 nitrogen and oxygen atoms in total. The molecule has 0 aliphatic rings. The van der Waals surface area contributed by atoms with Gasteiger partial charge in [-0.3, -0.25) is 0 Å². The van der Waals surface area contributed by atoms with Gasteiger partial charge in [0.1, 0.15) is 17.2 Å². The van der Waals surface area contributed by atoms with E-state index in [2.05, 4.69) is 32.8 Å². The van der Waals surface area contributed by atoms with Gasteiger partial charge in [0.2, 0.25) is 0 Å². The summed E-state index contributed by atoms with van der Waals surface area (Å²) in [5, 5.41) is 0.426. The summed E-state index contributed by atoms with van der Waals surface area (Å²) in [5.41, 5.74) is 1.75. The van der Waals surface area contributed by atoms with Crippen molar-refractivity contribution in [1.82, 2.24) is 4.98 Å². The van der Waals surface area contributed by atoms with E-state index in [4.69, 9.17) is 23.7 Å².